The molecule has 2 aliphatic heterocycles. The molecule has 108 valence electrons. The molecule has 3 N–H and O–H groups in total. The van der Waals surface area contributed by atoms with Gasteiger partial charge < -0.3 is 20.3 Å². The second-order valence-electron chi connectivity index (χ2n) is 5.01. The van der Waals surface area contributed by atoms with E-state index in [-0.39, 0.29) is 6.61 Å². The minimum Gasteiger partial charge on any atom is -0.462 e. The standard InChI is InChI=1S/C11H12FN3O5/c1-11-5(3-19-9(11)17)20-8(6(11)16)15-2-4(12)7(13)14-10(15)18/h2,5-6,8,16H,3H2,1H3,(H2,13,14,18)/t5-,6-,8?,11?/m1/s1. The highest BCUT2D eigenvalue weighted by atomic mass is 19.1. The predicted molar refractivity (Wildman–Crippen MR) is 61.9 cm³/mol. The van der Waals surface area contributed by atoms with E-state index in [4.69, 9.17) is 15.2 Å². The van der Waals surface area contributed by atoms with Gasteiger partial charge >= 0.3 is 11.7 Å². The molecule has 3 rings (SSSR count). The molecule has 20 heavy (non-hydrogen) atoms. The number of carbonyl (C=O) groups is 1. The van der Waals surface area contributed by atoms with Gasteiger partial charge in [0.05, 0.1) is 6.20 Å². The van der Waals surface area contributed by atoms with Gasteiger partial charge in [-0.3, -0.25) is 9.36 Å². The first kappa shape index (κ1) is 13.0. The molecular formula is C11H12FN3O5. The molecular weight excluding hydrogens is 273 g/mol. The molecule has 1 aromatic rings. The number of aliphatic hydroxyl groups excluding tert-OH is 1. The van der Waals surface area contributed by atoms with Crippen LogP contribution in [0.1, 0.15) is 13.2 Å². The smallest absolute Gasteiger partial charge is 0.351 e. The second-order valence-corrected chi connectivity index (χ2v) is 5.01. The zero-order chi connectivity index (χ0) is 14.7. The molecule has 9 heteroatoms. The molecule has 0 amide bonds. The summed E-state index contributed by atoms with van der Waals surface area (Å²) in [4.78, 5) is 26.7. The number of nitrogens with two attached hydrogens (primary N) is 1. The number of ether oxygens (including phenoxy) is 2. The van der Waals surface area contributed by atoms with Crippen LogP contribution in [0.2, 0.25) is 0 Å². The lowest BCUT2D eigenvalue weighted by molar-refractivity contribution is -0.151. The van der Waals surface area contributed by atoms with Crippen molar-refractivity contribution in [3.05, 3.63) is 22.5 Å². The third-order valence-corrected chi connectivity index (χ3v) is 3.87. The van der Waals surface area contributed by atoms with Gasteiger partial charge in [-0.05, 0) is 6.92 Å². The fraction of sp³-hybridized carbons (Fsp3) is 0.545. The number of aliphatic hydroxyl groups is 1. The predicted octanol–water partition coefficient (Wildman–Crippen LogP) is -1.21. The van der Waals surface area contributed by atoms with Gasteiger partial charge in [0.1, 0.15) is 24.2 Å². The van der Waals surface area contributed by atoms with Gasteiger partial charge in [-0.1, -0.05) is 0 Å². The maximum atomic E-state index is 13.4. The summed E-state index contributed by atoms with van der Waals surface area (Å²) in [5.41, 5.74) is 3.03. The third kappa shape index (κ3) is 1.50. The zero-order valence-corrected chi connectivity index (χ0v) is 10.4. The number of esters is 1. The van der Waals surface area contributed by atoms with Crippen LogP contribution in [-0.4, -0.2) is 39.4 Å². The Balaban J connectivity index is 2.04. The Kier molecular flexibility index (Phi) is 2.60. The molecule has 0 bridgehead atoms. The van der Waals surface area contributed by atoms with E-state index < -0.39 is 47.1 Å². The molecule has 4 atom stereocenters. The van der Waals surface area contributed by atoms with Crippen molar-refractivity contribution in [3.8, 4) is 0 Å². The number of nitrogen functional groups attached to an aromatic ring is 1. The molecule has 0 radical (unpaired) electrons. The van der Waals surface area contributed by atoms with Crippen LogP contribution in [0.4, 0.5) is 10.2 Å². The first-order chi connectivity index (χ1) is 9.35. The minimum atomic E-state index is -1.36. The quantitative estimate of drug-likeness (QED) is 0.621. The molecule has 2 aliphatic rings. The number of nitrogens with zero attached hydrogens (tertiary/aromatic N) is 2. The summed E-state index contributed by atoms with van der Waals surface area (Å²) < 4.78 is 24.5. The molecule has 0 saturated carbocycles. The van der Waals surface area contributed by atoms with E-state index in [0.717, 1.165) is 10.8 Å². The van der Waals surface area contributed by atoms with Crippen LogP contribution in [0, 0.1) is 11.2 Å². The fourth-order valence-electron chi connectivity index (χ4n) is 2.50. The summed E-state index contributed by atoms with van der Waals surface area (Å²) in [6, 6.07) is 0. The van der Waals surface area contributed by atoms with E-state index >= 15 is 0 Å². The molecule has 1 aromatic heterocycles. The highest BCUT2D eigenvalue weighted by molar-refractivity contribution is 5.80. The number of hydrogen-bond acceptors (Lipinski definition) is 7. The van der Waals surface area contributed by atoms with Gasteiger partial charge in [0.25, 0.3) is 0 Å². The number of cyclic esters (lactones) is 1. The van der Waals surface area contributed by atoms with Crippen molar-refractivity contribution >= 4 is 11.8 Å². The van der Waals surface area contributed by atoms with Crippen molar-refractivity contribution in [1.29, 1.82) is 0 Å². The Hall–Kier alpha value is -2.00. The van der Waals surface area contributed by atoms with E-state index in [9.17, 15) is 19.1 Å². The van der Waals surface area contributed by atoms with Crippen LogP contribution in [0.25, 0.3) is 0 Å². The first-order valence-electron chi connectivity index (χ1n) is 5.90. The monoisotopic (exact) mass is 285 g/mol. The lowest BCUT2D eigenvalue weighted by Crippen LogP contribution is -2.42. The fourth-order valence-corrected chi connectivity index (χ4v) is 2.50. The van der Waals surface area contributed by atoms with Crippen LogP contribution < -0.4 is 11.4 Å². The summed E-state index contributed by atoms with van der Waals surface area (Å²) in [7, 11) is 0. The lowest BCUT2D eigenvalue weighted by Gasteiger charge is -2.23. The zero-order valence-electron chi connectivity index (χ0n) is 10.4. The van der Waals surface area contributed by atoms with Crippen molar-refractivity contribution in [3.63, 3.8) is 0 Å². The Morgan fingerprint density at radius 3 is 2.95 bits per heavy atom. The van der Waals surface area contributed by atoms with Gasteiger partial charge in [0, 0.05) is 0 Å². The number of anilines is 1. The Labute approximate surface area is 111 Å². The molecule has 0 spiro atoms. The van der Waals surface area contributed by atoms with Crippen LogP contribution in [0.15, 0.2) is 11.0 Å². The maximum absolute atomic E-state index is 13.4. The number of hydrogen-bond donors (Lipinski definition) is 2. The molecule has 8 nitrogen and oxygen atoms in total. The second kappa shape index (κ2) is 4.00. The summed E-state index contributed by atoms with van der Waals surface area (Å²) in [6.07, 6.45) is -2.48. The summed E-state index contributed by atoms with van der Waals surface area (Å²) in [5.74, 6) is -2.07. The molecule has 2 fully saturated rings. The number of carbonyl (C=O) groups excluding carboxylic acids is 1. The van der Waals surface area contributed by atoms with Gasteiger partial charge in [-0.25, -0.2) is 9.18 Å². The SMILES string of the molecule is CC12C(=O)OC[C@H]1OC(n1cc(F)c(N)nc1=O)[C@H]2O. The number of rotatable bonds is 1. The Bertz CT molecular complexity index is 647. The number of aromatic nitrogens is 2. The van der Waals surface area contributed by atoms with Crippen molar-refractivity contribution in [2.75, 3.05) is 12.3 Å². The molecule has 3 heterocycles. The molecule has 2 saturated heterocycles. The van der Waals surface area contributed by atoms with Crippen LogP contribution >= 0.6 is 0 Å². The summed E-state index contributed by atoms with van der Waals surface area (Å²) in [6.45, 7) is 1.45. The van der Waals surface area contributed by atoms with Gasteiger partial charge in [-0.15, -0.1) is 0 Å². The van der Waals surface area contributed by atoms with E-state index in [1.165, 1.54) is 6.92 Å². The maximum Gasteiger partial charge on any atom is 0.351 e. The highest BCUT2D eigenvalue weighted by Crippen LogP contribution is 2.47. The van der Waals surface area contributed by atoms with E-state index in [1.54, 1.807) is 0 Å². The van der Waals surface area contributed by atoms with Crippen molar-refractivity contribution in [1.82, 2.24) is 9.55 Å². The molecule has 0 aromatic carbocycles. The van der Waals surface area contributed by atoms with E-state index in [0.29, 0.717) is 0 Å². The minimum absolute atomic E-state index is 0.0253. The van der Waals surface area contributed by atoms with Crippen LogP contribution in [-0.2, 0) is 14.3 Å². The number of halogens is 1. The molecule has 2 unspecified atom stereocenters. The lowest BCUT2D eigenvalue weighted by atomic mass is 9.82. The van der Waals surface area contributed by atoms with Gasteiger partial charge in [0.15, 0.2) is 17.9 Å². The summed E-state index contributed by atoms with van der Waals surface area (Å²) >= 11 is 0. The van der Waals surface area contributed by atoms with Crippen LogP contribution in [0.3, 0.4) is 0 Å². The van der Waals surface area contributed by atoms with E-state index in [2.05, 4.69) is 4.98 Å². The molecule has 0 aliphatic carbocycles. The summed E-state index contributed by atoms with van der Waals surface area (Å²) in [5, 5.41) is 10.3. The normalized spacial score (nSPS) is 36.0. The first-order valence-corrected chi connectivity index (χ1v) is 5.90. The van der Waals surface area contributed by atoms with Gasteiger partial charge in [-0.2, -0.15) is 4.98 Å². The van der Waals surface area contributed by atoms with Crippen LogP contribution in [0.5, 0.6) is 0 Å². The van der Waals surface area contributed by atoms with Crippen molar-refractivity contribution in [2.24, 2.45) is 5.41 Å². The number of fused-ring (bicyclic) bond motifs is 1. The largest absolute Gasteiger partial charge is 0.462 e. The van der Waals surface area contributed by atoms with Crippen molar-refractivity contribution < 1.29 is 23.8 Å². The van der Waals surface area contributed by atoms with E-state index in [1.807, 2.05) is 0 Å². The Morgan fingerprint density at radius 2 is 2.30 bits per heavy atom. The van der Waals surface area contributed by atoms with Crippen molar-refractivity contribution in [2.45, 2.75) is 25.4 Å². The average molecular weight is 285 g/mol. The van der Waals surface area contributed by atoms with Gasteiger partial charge in [0.2, 0.25) is 0 Å². The third-order valence-electron chi connectivity index (χ3n) is 3.87. The topological polar surface area (TPSA) is 117 Å². The average Bonchev–Trinajstić information content (AvgIpc) is 2.81. The Morgan fingerprint density at radius 1 is 1.60 bits per heavy atom. The highest BCUT2D eigenvalue weighted by Gasteiger charge is 2.63.